The summed E-state index contributed by atoms with van der Waals surface area (Å²) in [5.41, 5.74) is 2.83. The van der Waals surface area contributed by atoms with Gasteiger partial charge in [0.2, 0.25) is 0 Å². The van der Waals surface area contributed by atoms with Gasteiger partial charge >= 0.3 is 131 Å². The third kappa shape index (κ3) is 3.32. The predicted molar refractivity (Wildman–Crippen MR) is 91.5 cm³/mol. The minimum atomic E-state index is -2.10. The van der Waals surface area contributed by atoms with Crippen molar-refractivity contribution in [2.24, 2.45) is 0 Å². The molecule has 0 N–H and O–H groups in total. The van der Waals surface area contributed by atoms with Crippen molar-refractivity contribution in [1.29, 1.82) is 0 Å². The van der Waals surface area contributed by atoms with Crippen molar-refractivity contribution in [2.75, 3.05) is 0 Å². The van der Waals surface area contributed by atoms with E-state index in [-0.39, 0.29) is 0 Å². The van der Waals surface area contributed by atoms with Crippen molar-refractivity contribution in [1.82, 2.24) is 4.98 Å². The molecular formula is C18H25GeN. The van der Waals surface area contributed by atoms with Gasteiger partial charge in [-0.05, 0) is 0 Å². The Bertz CT molecular complexity index is 723. The van der Waals surface area contributed by atoms with Gasteiger partial charge in [-0.3, -0.25) is 0 Å². The summed E-state index contributed by atoms with van der Waals surface area (Å²) < 4.78 is 32.2. The Hall–Kier alpha value is -1.09. The zero-order valence-corrected chi connectivity index (χ0v) is 15.0. The van der Waals surface area contributed by atoms with Gasteiger partial charge in [0.05, 0.1) is 0 Å². The molecule has 0 bridgehead atoms. The second-order valence-electron chi connectivity index (χ2n) is 6.45. The second kappa shape index (κ2) is 5.73. The van der Waals surface area contributed by atoms with Crippen LogP contribution in [0.15, 0.2) is 36.5 Å². The summed E-state index contributed by atoms with van der Waals surface area (Å²) in [5.74, 6) is 6.15. The van der Waals surface area contributed by atoms with Crippen LogP contribution in [0.4, 0.5) is 0 Å². The van der Waals surface area contributed by atoms with Crippen molar-refractivity contribution in [3.63, 3.8) is 0 Å². The molecule has 0 aliphatic carbocycles. The topological polar surface area (TPSA) is 12.9 Å². The summed E-state index contributed by atoms with van der Waals surface area (Å²) in [5, 5.41) is 0. The van der Waals surface area contributed by atoms with E-state index >= 15 is 0 Å². The molecule has 2 rings (SSSR count). The zero-order chi connectivity index (χ0) is 18.3. The average molecular weight is 332 g/mol. The summed E-state index contributed by atoms with van der Waals surface area (Å²) in [7, 11) is 0. The summed E-state index contributed by atoms with van der Waals surface area (Å²) in [6.07, 6.45) is 1.93. The Labute approximate surface area is 131 Å². The van der Waals surface area contributed by atoms with Gasteiger partial charge in [-0.1, -0.05) is 0 Å². The van der Waals surface area contributed by atoms with Gasteiger partial charge in [-0.2, -0.15) is 0 Å². The van der Waals surface area contributed by atoms with E-state index in [1.165, 1.54) is 4.40 Å². The number of nitrogens with zero attached hydrogens (tertiary/aromatic N) is 1. The number of rotatable bonds is 3. The zero-order valence-electron chi connectivity index (χ0n) is 16.9. The molecule has 0 spiro atoms. The first kappa shape index (κ1) is 10.6. The van der Waals surface area contributed by atoms with E-state index in [9.17, 15) is 0 Å². The van der Waals surface area contributed by atoms with Gasteiger partial charge < -0.3 is 0 Å². The van der Waals surface area contributed by atoms with E-state index in [4.69, 9.17) is 5.48 Å². The van der Waals surface area contributed by atoms with Gasteiger partial charge in [0.15, 0.2) is 0 Å². The number of benzene rings is 1. The van der Waals surface area contributed by atoms with E-state index in [1.807, 2.05) is 20.0 Å². The molecule has 2 heteroatoms. The number of hydrogen-bond acceptors (Lipinski definition) is 1. The fourth-order valence-electron chi connectivity index (χ4n) is 2.11. The fraction of sp³-hybridized carbons (Fsp3) is 0.389. The molecule has 0 aliphatic heterocycles. The Morgan fingerprint density at radius 3 is 2.30 bits per heavy atom. The molecule has 0 aliphatic rings. The standard InChI is InChI=1S/C18H25GeN/c1-13(2)17-11-16(19(4,5)6)12-20-18(17)15-9-7-14(3)8-10-15/h7-13H,1-6H3/i3D3,13D. The third-order valence-electron chi connectivity index (χ3n) is 3.45. The van der Waals surface area contributed by atoms with Gasteiger partial charge in [-0.25, -0.2) is 0 Å². The molecule has 20 heavy (non-hydrogen) atoms. The third-order valence-corrected chi connectivity index (χ3v) is 7.66. The molecule has 0 saturated carbocycles. The van der Waals surface area contributed by atoms with Crippen LogP contribution in [0.25, 0.3) is 11.3 Å². The van der Waals surface area contributed by atoms with Gasteiger partial charge in [-0.15, -0.1) is 0 Å². The summed E-state index contributed by atoms with van der Waals surface area (Å²) in [6.45, 7) is 1.63. The van der Waals surface area contributed by atoms with Gasteiger partial charge in [0, 0.05) is 0 Å². The molecule has 0 amide bonds. The van der Waals surface area contributed by atoms with Crippen LogP contribution in [0.3, 0.4) is 0 Å². The quantitative estimate of drug-likeness (QED) is 0.741. The van der Waals surface area contributed by atoms with Crippen molar-refractivity contribution >= 4 is 17.7 Å². The molecule has 0 atom stereocenters. The monoisotopic (exact) mass is 333 g/mol. The Kier molecular flexibility index (Phi) is 3.04. The maximum atomic E-state index is 8.50. The van der Waals surface area contributed by atoms with Crippen LogP contribution in [-0.2, 0) is 0 Å². The van der Waals surface area contributed by atoms with E-state index in [0.717, 1.165) is 16.8 Å². The second-order valence-corrected chi connectivity index (χ2v) is 17.1. The fourth-order valence-corrected chi connectivity index (χ4v) is 4.27. The van der Waals surface area contributed by atoms with Crippen LogP contribution in [0.1, 0.15) is 36.4 Å². The average Bonchev–Trinajstić information content (AvgIpc) is 2.44. The van der Waals surface area contributed by atoms with Crippen molar-refractivity contribution in [2.45, 2.75) is 43.9 Å². The minimum absolute atomic E-state index is 0.319. The van der Waals surface area contributed by atoms with E-state index in [0.29, 0.717) is 5.56 Å². The molecule has 0 saturated heterocycles. The number of hydrogen-bond donors (Lipinski definition) is 0. The van der Waals surface area contributed by atoms with Gasteiger partial charge in [0.25, 0.3) is 0 Å². The number of aromatic nitrogens is 1. The van der Waals surface area contributed by atoms with Crippen LogP contribution < -0.4 is 4.40 Å². The summed E-state index contributed by atoms with van der Waals surface area (Å²) in [6, 6.07) is 8.96. The summed E-state index contributed by atoms with van der Waals surface area (Å²) >= 11 is -2.04. The van der Waals surface area contributed by atoms with Crippen molar-refractivity contribution < 1.29 is 5.48 Å². The molecule has 1 aromatic heterocycles. The molecule has 1 heterocycles. The number of aryl methyl sites for hydroxylation is 1. The normalized spacial score (nSPS) is 16.1. The van der Waals surface area contributed by atoms with Crippen molar-refractivity contribution in [3.8, 4) is 11.3 Å². The Balaban J connectivity index is 2.58. The van der Waals surface area contributed by atoms with Crippen LogP contribution in [0.2, 0.25) is 17.3 Å². The Morgan fingerprint density at radius 2 is 1.80 bits per heavy atom. The molecule has 106 valence electrons. The molecule has 1 nitrogen and oxygen atoms in total. The van der Waals surface area contributed by atoms with Crippen LogP contribution in [-0.4, -0.2) is 18.3 Å². The number of pyridine rings is 1. The van der Waals surface area contributed by atoms with E-state index in [2.05, 4.69) is 28.3 Å². The SMILES string of the molecule is [2H]C([2H])([2H])c1ccc(-c2nc[c]([Ge]([CH3])([CH3])[CH3])cc2C([2H])(C)C)cc1. The van der Waals surface area contributed by atoms with Crippen LogP contribution in [0, 0.1) is 6.85 Å². The molecule has 0 fully saturated rings. The predicted octanol–water partition coefficient (Wildman–Crippen LogP) is 4.73. The molecule has 0 radical (unpaired) electrons. The first-order valence-electron chi connectivity index (χ1n) is 8.92. The first-order valence-corrected chi connectivity index (χ1v) is 14.3. The Morgan fingerprint density at radius 1 is 1.15 bits per heavy atom. The summed E-state index contributed by atoms with van der Waals surface area (Å²) in [4.78, 5) is 4.66. The molecule has 2 aromatic rings. The van der Waals surface area contributed by atoms with Gasteiger partial charge in [0.1, 0.15) is 0 Å². The molecule has 1 aromatic carbocycles. The van der Waals surface area contributed by atoms with Crippen LogP contribution in [0.5, 0.6) is 0 Å². The maximum absolute atomic E-state index is 8.50. The van der Waals surface area contributed by atoms with Crippen LogP contribution >= 0.6 is 0 Å². The van der Waals surface area contributed by atoms with Crippen molar-refractivity contribution in [3.05, 3.63) is 47.7 Å². The molecular weight excluding hydrogens is 303 g/mol. The first-order chi connectivity index (χ1) is 10.8. The van der Waals surface area contributed by atoms with E-state index < -0.39 is 26.0 Å². The molecule has 0 unspecified atom stereocenters. The van der Waals surface area contributed by atoms with E-state index in [1.54, 1.807) is 24.3 Å².